The molecule has 1 aromatic heterocycles. The van der Waals surface area contributed by atoms with Gasteiger partial charge in [0.05, 0.1) is 5.69 Å². The minimum atomic E-state index is -0.292. The third-order valence-electron chi connectivity index (χ3n) is 4.67. The van der Waals surface area contributed by atoms with E-state index in [0.29, 0.717) is 41.1 Å². The molecule has 1 aliphatic heterocycles. The normalized spacial score (nSPS) is 18.0. The standard InChI is InChI=1S/C23H21ClN2O3S/c1-23(2,3)17-12-14(4-9-18(17)27)20(26-25-16-7-5-15(24)6-8-16)22-21-19(13-30-22)28-10-11-29-21/h4-9,12-13H,10-11H2,1-3H3/b20-14+,26-25?. The van der Waals surface area contributed by atoms with Crippen LogP contribution in [-0.4, -0.2) is 19.0 Å². The fourth-order valence-corrected chi connectivity index (χ4v) is 4.20. The average molecular weight is 441 g/mol. The molecule has 0 radical (unpaired) electrons. The zero-order valence-corrected chi connectivity index (χ0v) is 18.5. The number of benzene rings is 1. The van der Waals surface area contributed by atoms with Gasteiger partial charge in [0.15, 0.2) is 17.3 Å². The fourth-order valence-electron chi connectivity index (χ4n) is 3.14. The van der Waals surface area contributed by atoms with Crippen LogP contribution in [0.25, 0.3) is 5.70 Å². The number of halogens is 1. The maximum Gasteiger partial charge on any atom is 0.182 e. The van der Waals surface area contributed by atoms with Crippen molar-refractivity contribution in [3.8, 4) is 11.5 Å². The van der Waals surface area contributed by atoms with Gasteiger partial charge in [0, 0.05) is 21.5 Å². The van der Waals surface area contributed by atoms with Gasteiger partial charge in [-0.1, -0.05) is 32.4 Å². The van der Waals surface area contributed by atoms with Crippen molar-refractivity contribution in [1.29, 1.82) is 0 Å². The molecule has 30 heavy (non-hydrogen) atoms. The van der Waals surface area contributed by atoms with Gasteiger partial charge in [-0.25, -0.2) is 0 Å². The summed E-state index contributed by atoms with van der Waals surface area (Å²) in [4.78, 5) is 13.3. The molecular weight excluding hydrogens is 420 g/mol. The first-order valence-corrected chi connectivity index (χ1v) is 10.8. The molecule has 0 N–H and O–H groups in total. The minimum absolute atomic E-state index is 0.00744. The largest absolute Gasteiger partial charge is 0.485 e. The summed E-state index contributed by atoms with van der Waals surface area (Å²) < 4.78 is 11.6. The molecule has 1 aliphatic carbocycles. The Bertz CT molecular complexity index is 1100. The van der Waals surface area contributed by atoms with Crippen LogP contribution in [-0.2, 0) is 4.79 Å². The van der Waals surface area contributed by atoms with Crippen molar-refractivity contribution in [3.05, 3.63) is 68.9 Å². The fraction of sp³-hybridized carbons (Fsp3) is 0.261. The van der Waals surface area contributed by atoms with Crippen molar-refractivity contribution in [2.45, 2.75) is 20.8 Å². The maximum atomic E-state index is 12.5. The number of rotatable bonds is 3. The van der Waals surface area contributed by atoms with E-state index in [2.05, 4.69) is 10.2 Å². The molecule has 2 heterocycles. The highest BCUT2D eigenvalue weighted by atomic mass is 35.5. The summed E-state index contributed by atoms with van der Waals surface area (Å²) in [6.45, 7) is 7.06. The number of azo groups is 1. The first-order valence-electron chi connectivity index (χ1n) is 9.56. The average Bonchev–Trinajstić information content (AvgIpc) is 3.14. The van der Waals surface area contributed by atoms with E-state index in [1.54, 1.807) is 36.4 Å². The summed E-state index contributed by atoms with van der Waals surface area (Å²) >= 11 is 7.45. The third kappa shape index (κ3) is 4.25. The van der Waals surface area contributed by atoms with E-state index in [1.807, 2.05) is 32.2 Å². The summed E-state index contributed by atoms with van der Waals surface area (Å²) in [5.41, 5.74) is 2.54. The van der Waals surface area contributed by atoms with E-state index < -0.39 is 0 Å². The van der Waals surface area contributed by atoms with Crippen molar-refractivity contribution in [3.63, 3.8) is 0 Å². The lowest BCUT2D eigenvalue weighted by Gasteiger charge is -2.23. The van der Waals surface area contributed by atoms with Crippen molar-refractivity contribution in [2.24, 2.45) is 15.6 Å². The monoisotopic (exact) mass is 440 g/mol. The lowest BCUT2D eigenvalue weighted by Crippen LogP contribution is -2.18. The second-order valence-electron chi connectivity index (χ2n) is 7.94. The third-order valence-corrected chi connectivity index (χ3v) is 5.87. The number of ketones is 1. The lowest BCUT2D eigenvalue weighted by molar-refractivity contribution is -0.112. The molecule has 7 heteroatoms. The Kier molecular flexibility index (Phi) is 5.62. The molecule has 2 aliphatic rings. The van der Waals surface area contributed by atoms with E-state index in [1.165, 1.54) is 11.3 Å². The van der Waals surface area contributed by atoms with Crippen LogP contribution < -0.4 is 9.47 Å². The van der Waals surface area contributed by atoms with E-state index in [-0.39, 0.29) is 11.2 Å². The zero-order valence-electron chi connectivity index (χ0n) is 16.9. The van der Waals surface area contributed by atoms with Crippen LogP contribution in [0.4, 0.5) is 5.69 Å². The molecule has 0 saturated carbocycles. The van der Waals surface area contributed by atoms with E-state index in [4.69, 9.17) is 21.1 Å². The number of allylic oxidation sites excluding steroid dienone is 5. The number of carbonyl (C=O) groups is 1. The van der Waals surface area contributed by atoms with Crippen molar-refractivity contribution in [2.75, 3.05) is 13.2 Å². The number of carbonyl (C=O) groups excluding carboxylic acids is 1. The molecule has 0 bridgehead atoms. The van der Waals surface area contributed by atoms with Crippen LogP contribution in [0, 0.1) is 5.41 Å². The first kappa shape index (κ1) is 20.6. The maximum absolute atomic E-state index is 12.5. The lowest BCUT2D eigenvalue weighted by atomic mass is 9.80. The van der Waals surface area contributed by atoms with Crippen LogP contribution >= 0.6 is 22.9 Å². The first-order chi connectivity index (χ1) is 14.3. The number of ether oxygens (including phenoxy) is 2. The Labute approximate surface area is 184 Å². The highest BCUT2D eigenvalue weighted by Gasteiger charge is 2.27. The van der Waals surface area contributed by atoms with Gasteiger partial charge in [0.25, 0.3) is 0 Å². The van der Waals surface area contributed by atoms with Gasteiger partial charge in [-0.15, -0.1) is 16.5 Å². The van der Waals surface area contributed by atoms with Crippen molar-refractivity contribution in [1.82, 2.24) is 0 Å². The highest BCUT2D eigenvalue weighted by Crippen LogP contribution is 2.45. The molecule has 0 amide bonds. The molecule has 0 spiro atoms. The highest BCUT2D eigenvalue weighted by molar-refractivity contribution is 7.11. The minimum Gasteiger partial charge on any atom is -0.485 e. The van der Waals surface area contributed by atoms with E-state index >= 15 is 0 Å². The Morgan fingerprint density at radius 1 is 1.10 bits per heavy atom. The van der Waals surface area contributed by atoms with Crippen molar-refractivity contribution >= 4 is 40.1 Å². The number of fused-ring (bicyclic) bond motifs is 1. The summed E-state index contributed by atoms with van der Waals surface area (Å²) in [5, 5.41) is 11.5. The van der Waals surface area contributed by atoms with Gasteiger partial charge in [0.1, 0.15) is 23.8 Å². The molecule has 0 fully saturated rings. The molecule has 0 atom stereocenters. The Balaban J connectivity index is 1.86. The molecule has 4 rings (SSSR count). The van der Waals surface area contributed by atoms with E-state index in [9.17, 15) is 4.79 Å². The van der Waals surface area contributed by atoms with Gasteiger partial charge >= 0.3 is 0 Å². The van der Waals surface area contributed by atoms with E-state index in [0.717, 1.165) is 16.0 Å². The topological polar surface area (TPSA) is 60.3 Å². The predicted octanol–water partition coefficient (Wildman–Crippen LogP) is 6.78. The Hall–Kier alpha value is -2.70. The van der Waals surface area contributed by atoms with Crippen molar-refractivity contribution < 1.29 is 14.3 Å². The summed E-state index contributed by atoms with van der Waals surface area (Å²) in [6.07, 6.45) is 5.27. The van der Waals surface area contributed by atoms with Gasteiger partial charge in [-0.3, -0.25) is 4.79 Å². The second-order valence-corrected chi connectivity index (χ2v) is 9.26. The summed E-state index contributed by atoms with van der Waals surface area (Å²) in [5.74, 6) is 1.38. The molecule has 0 saturated heterocycles. The summed E-state index contributed by atoms with van der Waals surface area (Å²) in [6, 6.07) is 7.13. The van der Waals surface area contributed by atoms with Gasteiger partial charge in [0.2, 0.25) is 0 Å². The Morgan fingerprint density at radius 2 is 1.83 bits per heavy atom. The predicted molar refractivity (Wildman–Crippen MR) is 120 cm³/mol. The molecule has 5 nitrogen and oxygen atoms in total. The number of thiophene rings is 1. The Morgan fingerprint density at radius 3 is 2.57 bits per heavy atom. The number of nitrogens with zero attached hydrogens (tertiary/aromatic N) is 2. The van der Waals surface area contributed by atoms with Crippen LogP contribution in [0.1, 0.15) is 25.6 Å². The van der Waals surface area contributed by atoms with Crippen LogP contribution in [0.5, 0.6) is 11.5 Å². The second kappa shape index (κ2) is 8.20. The SMILES string of the molecule is CC(C)(C)C1=C/C(=C(/N=Nc2ccc(Cl)cc2)c2scc3c2OCCO3)C=CC1=O. The molecule has 1 aromatic carbocycles. The van der Waals surface area contributed by atoms with Crippen LogP contribution in [0.3, 0.4) is 0 Å². The molecule has 0 unspecified atom stereocenters. The number of hydrogen-bond acceptors (Lipinski definition) is 6. The molecule has 154 valence electrons. The van der Waals surface area contributed by atoms with Gasteiger partial charge < -0.3 is 9.47 Å². The van der Waals surface area contributed by atoms with Crippen LogP contribution in [0.15, 0.2) is 69.2 Å². The van der Waals surface area contributed by atoms with Gasteiger partial charge in [-0.05, 0) is 47.9 Å². The van der Waals surface area contributed by atoms with Crippen LogP contribution in [0.2, 0.25) is 5.02 Å². The molecular formula is C23H21ClN2O3S. The summed E-state index contributed by atoms with van der Waals surface area (Å²) in [7, 11) is 0. The smallest absolute Gasteiger partial charge is 0.182 e. The van der Waals surface area contributed by atoms with Gasteiger partial charge in [-0.2, -0.15) is 5.11 Å². The number of hydrogen-bond donors (Lipinski definition) is 0. The quantitative estimate of drug-likeness (QED) is 0.494. The molecule has 2 aromatic rings. The zero-order chi connectivity index (χ0) is 21.3.